The van der Waals surface area contributed by atoms with Crippen molar-refractivity contribution in [2.24, 2.45) is 0 Å². The molecule has 1 aromatic carbocycles. The quantitative estimate of drug-likeness (QED) is 0.600. The molecule has 0 spiro atoms. The summed E-state index contributed by atoms with van der Waals surface area (Å²) in [5, 5.41) is 8.92. The molecular weight excluding hydrogens is 112 g/mol. The number of benzene rings is 1. The molecular formula is C8H9O. The zero-order valence-corrected chi connectivity index (χ0v) is 5.39. The van der Waals surface area contributed by atoms with Crippen molar-refractivity contribution in [2.75, 3.05) is 0 Å². The monoisotopic (exact) mass is 121 g/mol. The lowest BCUT2D eigenvalue weighted by molar-refractivity contribution is 0.474. The molecule has 0 aromatic heterocycles. The van der Waals surface area contributed by atoms with E-state index in [1.54, 1.807) is 18.2 Å². The number of rotatable bonds is 1. The summed E-state index contributed by atoms with van der Waals surface area (Å²) in [5.74, 6) is 0.325. The normalized spacial score (nSPS) is 9.44. The summed E-state index contributed by atoms with van der Waals surface area (Å²) in [4.78, 5) is 0. The van der Waals surface area contributed by atoms with Crippen LogP contribution >= 0.6 is 0 Å². The largest absolute Gasteiger partial charge is 0.508 e. The van der Waals surface area contributed by atoms with Crippen LogP contribution in [0.15, 0.2) is 18.2 Å². The molecule has 1 nitrogen and oxygen atoms in total. The zero-order valence-electron chi connectivity index (χ0n) is 5.39. The van der Waals surface area contributed by atoms with E-state index in [9.17, 15) is 0 Å². The van der Waals surface area contributed by atoms with Crippen LogP contribution in [0.1, 0.15) is 12.5 Å². The second-order valence-corrected chi connectivity index (χ2v) is 1.93. The predicted molar refractivity (Wildman–Crippen MR) is 36.3 cm³/mol. The first-order valence-electron chi connectivity index (χ1n) is 3.02. The van der Waals surface area contributed by atoms with Crippen LogP contribution in [-0.4, -0.2) is 5.11 Å². The highest BCUT2D eigenvalue weighted by atomic mass is 16.3. The van der Waals surface area contributed by atoms with Gasteiger partial charge in [0.05, 0.1) is 0 Å². The molecule has 0 aliphatic rings. The Labute approximate surface area is 55.0 Å². The molecule has 0 aliphatic heterocycles. The van der Waals surface area contributed by atoms with E-state index < -0.39 is 0 Å². The number of aryl methyl sites for hydroxylation is 1. The van der Waals surface area contributed by atoms with E-state index in [0.29, 0.717) is 5.75 Å². The highest BCUT2D eigenvalue weighted by Crippen LogP contribution is 2.09. The second kappa shape index (κ2) is 2.53. The van der Waals surface area contributed by atoms with E-state index in [1.807, 2.05) is 6.92 Å². The molecule has 0 atom stereocenters. The first kappa shape index (κ1) is 6.14. The minimum atomic E-state index is 0.325. The average molecular weight is 121 g/mol. The third-order valence-electron chi connectivity index (χ3n) is 1.23. The van der Waals surface area contributed by atoms with Gasteiger partial charge in [0.1, 0.15) is 5.75 Å². The van der Waals surface area contributed by atoms with Crippen LogP contribution in [0, 0.1) is 6.07 Å². The van der Waals surface area contributed by atoms with Gasteiger partial charge in [-0.05, 0) is 30.2 Å². The van der Waals surface area contributed by atoms with E-state index in [-0.39, 0.29) is 0 Å². The van der Waals surface area contributed by atoms with Crippen molar-refractivity contribution in [1.29, 1.82) is 0 Å². The fraction of sp³-hybridized carbons (Fsp3) is 0.250. The topological polar surface area (TPSA) is 20.2 Å². The maximum atomic E-state index is 8.92. The van der Waals surface area contributed by atoms with Crippen LogP contribution in [0.2, 0.25) is 0 Å². The summed E-state index contributed by atoms with van der Waals surface area (Å²) in [5.41, 5.74) is 1.05. The molecule has 1 N–H and O–H groups in total. The van der Waals surface area contributed by atoms with Gasteiger partial charge in [-0.15, -0.1) is 0 Å². The lowest BCUT2D eigenvalue weighted by Crippen LogP contribution is -1.76. The second-order valence-electron chi connectivity index (χ2n) is 1.93. The van der Waals surface area contributed by atoms with Crippen LogP contribution in [0.4, 0.5) is 0 Å². The fourth-order valence-corrected chi connectivity index (χ4v) is 0.706. The molecule has 1 heteroatoms. The smallest absolute Gasteiger partial charge is 0.115 e. The van der Waals surface area contributed by atoms with Gasteiger partial charge in [-0.2, -0.15) is 0 Å². The Morgan fingerprint density at radius 1 is 1.67 bits per heavy atom. The van der Waals surface area contributed by atoms with Crippen molar-refractivity contribution < 1.29 is 5.11 Å². The van der Waals surface area contributed by atoms with E-state index in [2.05, 4.69) is 6.07 Å². The van der Waals surface area contributed by atoms with Gasteiger partial charge in [0.25, 0.3) is 0 Å². The summed E-state index contributed by atoms with van der Waals surface area (Å²) in [6.07, 6.45) is 0.925. The molecule has 0 saturated heterocycles. The number of hydrogen-bond donors (Lipinski definition) is 1. The minimum Gasteiger partial charge on any atom is -0.508 e. The molecule has 0 fully saturated rings. The molecule has 1 aromatic rings. The average Bonchev–Trinajstić information content (AvgIpc) is 1.88. The molecule has 0 saturated carbocycles. The summed E-state index contributed by atoms with van der Waals surface area (Å²) in [7, 11) is 0. The van der Waals surface area contributed by atoms with Crippen molar-refractivity contribution in [2.45, 2.75) is 13.3 Å². The maximum absolute atomic E-state index is 8.92. The number of phenolic OH excluding ortho intramolecular Hbond substituents is 1. The van der Waals surface area contributed by atoms with E-state index in [4.69, 9.17) is 5.11 Å². The molecule has 0 aliphatic carbocycles. The van der Waals surface area contributed by atoms with Crippen molar-refractivity contribution >= 4 is 0 Å². The van der Waals surface area contributed by atoms with Gasteiger partial charge in [0, 0.05) is 0 Å². The Morgan fingerprint density at radius 3 is 2.89 bits per heavy atom. The summed E-state index contributed by atoms with van der Waals surface area (Å²) < 4.78 is 0. The molecule has 0 bridgehead atoms. The summed E-state index contributed by atoms with van der Waals surface area (Å²) >= 11 is 0. The van der Waals surface area contributed by atoms with Gasteiger partial charge in [-0.3, -0.25) is 0 Å². The van der Waals surface area contributed by atoms with Crippen LogP contribution in [0.25, 0.3) is 0 Å². The van der Waals surface area contributed by atoms with Crippen LogP contribution in [-0.2, 0) is 6.42 Å². The van der Waals surface area contributed by atoms with Crippen molar-refractivity contribution in [3.63, 3.8) is 0 Å². The van der Waals surface area contributed by atoms with Crippen molar-refractivity contribution in [1.82, 2.24) is 0 Å². The Kier molecular flexibility index (Phi) is 1.73. The molecule has 0 unspecified atom stereocenters. The summed E-state index contributed by atoms with van der Waals surface area (Å²) in [6, 6.07) is 8.08. The highest BCUT2D eigenvalue weighted by Gasteiger charge is 1.88. The third kappa shape index (κ3) is 1.46. The molecule has 1 radical (unpaired) electrons. The van der Waals surface area contributed by atoms with Gasteiger partial charge in [-0.1, -0.05) is 13.0 Å². The van der Waals surface area contributed by atoms with Gasteiger partial charge in [0.2, 0.25) is 0 Å². The molecule has 0 amide bonds. The molecule has 47 valence electrons. The SMILES string of the molecule is CCc1[c]ccc(O)c1. The lowest BCUT2D eigenvalue weighted by Gasteiger charge is -1.93. The Bertz CT molecular complexity index is 194. The number of hydrogen-bond acceptors (Lipinski definition) is 1. The zero-order chi connectivity index (χ0) is 6.69. The standard InChI is InChI=1S/C8H9O/c1-2-7-4-3-5-8(9)6-7/h3,5-6,9H,2H2,1H3. The van der Waals surface area contributed by atoms with Gasteiger partial charge >= 0.3 is 0 Å². The molecule has 1 rings (SSSR count). The van der Waals surface area contributed by atoms with Crippen molar-refractivity contribution in [3.05, 3.63) is 29.8 Å². The first-order valence-corrected chi connectivity index (χ1v) is 3.02. The first-order chi connectivity index (χ1) is 4.33. The highest BCUT2D eigenvalue weighted by molar-refractivity contribution is 5.25. The van der Waals surface area contributed by atoms with Gasteiger partial charge in [0.15, 0.2) is 0 Å². The van der Waals surface area contributed by atoms with Gasteiger partial charge in [-0.25, -0.2) is 0 Å². The molecule has 0 heterocycles. The van der Waals surface area contributed by atoms with E-state index in [1.165, 1.54) is 0 Å². The third-order valence-corrected chi connectivity index (χ3v) is 1.23. The number of aromatic hydroxyl groups is 1. The van der Waals surface area contributed by atoms with Crippen molar-refractivity contribution in [3.8, 4) is 5.75 Å². The van der Waals surface area contributed by atoms with Gasteiger partial charge < -0.3 is 5.11 Å². The molecule has 9 heavy (non-hydrogen) atoms. The lowest BCUT2D eigenvalue weighted by atomic mass is 10.2. The van der Waals surface area contributed by atoms with Crippen LogP contribution < -0.4 is 0 Å². The Hall–Kier alpha value is -0.980. The minimum absolute atomic E-state index is 0.325. The fourth-order valence-electron chi connectivity index (χ4n) is 0.706. The Balaban J connectivity index is 2.94. The number of phenols is 1. The summed E-state index contributed by atoms with van der Waals surface area (Å²) in [6.45, 7) is 2.03. The van der Waals surface area contributed by atoms with E-state index in [0.717, 1.165) is 12.0 Å². The van der Waals surface area contributed by atoms with E-state index >= 15 is 0 Å². The predicted octanol–water partition coefficient (Wildman–Crippen LogP) is 1.75. The maximum Gasteiger partial charge on any atom is 0.115 e. The van der Waals surface area contributed by atoms with Crippen LogP contribution in [0.3, 0.4) is 0 Å². The van der Waals surface area contributed by atoms with Crippen LogP contribution in [0.5, 0.6) is 5.75 Å². The Morgan fingerprint density at radius 2 is 2.44 bits per heavy atom.